The van der Waals surface area contributed by atoms with E-state index < -0.39 is 33.2 Å². The SMILES string of the molecule is COC(=O)c1cccc(NC(=O)c2ccc(Cl)c(N3C(=O)C(C)(C)CS3(=O)=O)c2)c1. The lowest BCUT2D eigenvalue weighted by Gasteiger charge is -2.19. The third-order valence-corrected chi connectivity index (χ3v) is 6.88. The van der Waals surface area contributed by atoms with Crippen molar-refractivity contribution in [2.45, 2.75) is 13.8 Å². The van der Waals surface area contributed by atoms with E-state index in [2.05, 4.69) is 10.1 Å². The van der Waals surface area contributed by atoms with Crippen molar-refractivity contribution in [2.24, 2.45) is 5.41 Å². The molecule has 1 heterocycles. The molecule has 0 radical (unpaired) electrons. The molecule has 3 rings (SSSR count). The van der Waals surface area contributed by atoms with Gasteiger partial charge in [-0.1, -0.05) is 17.7 Å². The minimum absolute atomic E-state index is 0.0221. The highest BCUT2D eigenvalue weighted by molar-refractivity contribution is 7.94. The number of nitrogens with zero attached hydrogens (tertiary/aromatic N) is 1. The minimum Gasteiger partial charge on any atom is -0.465 e. The molecule has 0 unspecified atom stereocenters. The van der Waals surface area contributed by atoms with Crippen LogP contribution >= 0.6 is 11.6 Å². The second-order valence-electron chi connectivity index (χ2n) is 7.40. The molecule has 2 aromatic carbocycles. The van der Waals surface area contributed by atoms with Gasteiger partial charge in [0.25, 0.3) is 5.91 Å². The molecular formula is C20H19ClN2O6S. The van der Waals surface area contributed by atoms with Crippen LogP contribution in [0.5, 0.6) is 0 Å². The van der Waals surface area contributed by atoms with Gasteiger partial charge in [0.2, 0.25) is 15.9 Å². The molecule has 30 heavy (non-hydrogen) atoms. The number of methoxy groups -OCH3 is 1. The topological polar surface area (TPSA) is 110 Å². The molecule has 8 nitrogen and oxygen atoms in total. The van der Waals surface area contributed by atoms with Gasteiger partial charge in [0.05, 0.1) is 34.6 Å². The van der Waals surface area contributed by atoms with Crippen LogP contribution in [0, 0.1) is 5.41 Å². The molecule has 2 amide bonds. The van der Waals surface area contributed by atoms with Gasteiger partial charge in [-0.25, -0.2) is 17.5 Å². The summed E-state index contributed by atoms with van der Waals surface area (Å²) in [5, 5.41) is 2.64. The zero-order valence-electron chi connectivity index (χ0n) is 16.4. The highest BCUT2D eigenvalue weighted by atomic mass is 35.5. The number of sulfonamides is 1. The van der Waals surface area contributed by atoms with Crippen molar-refractivity contribution in [2.75, 3.05) is 22.5 Å². The number of hydrogen-bond donors (Lipinski definition) is 1. The van der Waals surface area contributed by atoms with Crippen LogP contribution in [-0.4, -0.2) is 39.1 Å². The van der Waals surface area contributed by atoms with Crippen molar-refractivity contribution < 1.29 is 27.5 Å². The van der Waals surface area contributed by atoms with Gasteiger partial charge in [-0.05, 0) is 50.2 Å². The van der Waals surface area contributed by atoms with Crippen LogP contribution in [0.25, 0.3) is 0 Å². The second-order valence-corrected chi connectivity index (χ2v) is 9.63. The Balaban J connectivity index is 1.93. The van der Waals surface area contributed by atoms with Gasteiger partial charge in [0.15, 0.2) is 0 Å². The molecule has 1 saturated heterocycles. The fraction of sp³-hybridized carbons (Fsp3) is 0.250. The van der Waals surface area contributed by atoms with Gasteiger partial charge in [0.1, 0.15) is 0 Å². The van der Waals surface area contributed by atoms with Crippen molar-refractivity contribution in [3.8, 4) is 0 Å². The van der Waals surface area contributed by atoms with E-state index in [1.54, 1.807) is 12.1 Å². The normalized spacial score (nSPS) is 16.9. The number of amides is 2. The summed E-state index contributed by atoms with van der Waals surface area (Å²) in [6.07, 6.45) is 0. The Hall–Kier alpha value is -2.91. The summed E-state index contributed by atoms with van der Waals surface area (Å²) in [6.45, 7) is 3.07. The summed E-state index contributed by atoms with van der Waals surface area (Å²) in [7, 11) is -2.67. The third kappa shape index (κ3) is 4.03. The predicted octanol–water partition coefficient (Wildman–Crippen LogP) is 3.08. The molecule has 158 valence electrons. The maximum Gasteiger partial charge on any atom is 0.337 e. The molecule has 0 atom stereocenters. The molecule has 0 saturated carbocycles. The highest BCUT2D eigenvalue weighted by Crippen LogP contribution is 2.39. The standard InChI is InChI=1S/C20H19ClN2O6S/c1-20(2)11-30(27,28)23(19(20)26)16-10-12(7-8-15(16)21)17(24)22-14-6-4-5-13(9-14)18(25)29-3/h4-10H,11H2,1-3H3,(H,22,24). The maximum absolute atomic E-state index is 12.7. The minimum atomic E-state index is -3.92. The molecule has 1 aliphatic rings. The molecule has 0 bridgehead atoms. The van der Waals surface area contributed by atoms with E-state index in [1.807, 2.05) is 0 Å². The van der Waals surface area contributed by atoms with E-state index in [1.165, 1.54) is 51.3 Å². The van der Waals surface area contributed by atoms with Gasteiger partial charge < -0.3 is 10.1 Å². The van der Waals surface area contributed by atoms with Crippen molar-refractivity contribution in [3.05, 3.63) is 58.6 Å². The molecule has 1 fully saturated rings. The van der Waals surface area contributed by atoms with Crippen molar-refractivity contribution in [1.29, 1.82) is 0 Å². The lowest BCUT2D eigenvalue weighted by molar-refractivity contribution is -0.123. The van der Waals surface area contributed by atoms with E-state index in [-0.39, 0.29) is 27.6 Å². The van der Waals surface area contributed by atoms with Crippen LogP contribution in [0.15, 0.2) is 42.5 Å². The second kappa shape index (κ2) is 7.73. The Kier molecular flexibility index (Phi) is 5.62. The number of hydrogen-bond acceptors (Lipinski definition) is 6. The van der Waals surface area contributed by atoms with Crippen LogP contribution in [0.1, 0.15) is 34.6 Å². The summed E-state index contributed by atoms with van der Waals surface area (Å²) in [6, 6.07) is 10.1. The van der Waals surface area contributed by atoms with Gasteiger partial charge in [-0.15, -0.1) is 0 Å². The number of rotatable bonds is 4. The smallest absolute Gasteiger partial charge is 0.337 e. The first-order valence-electron chi connectivity index (χ1n) is 8.83. The van der Waals surface area contributed by atoms with Crippen molar-refractivity contribution >= 4 is 50.8 Å². The molecule has 0 aliphatic carbocycles. The molecule has 0 aromatic heterocycles. The lowest BCUT2D eigenvalue weighted by atomic mass is 9.95. The number of ether oxygens (including phenoxy) is 1. The number of benzene rings is 2. The van der Waals surface area contributed by atoms with Gasteiger partial charge in [0, 0.05) is 11.3 Å². The summed E-state index contributed by atoms with van der Waals surface area (Å²) in [5.41, 5.74) is -0.503. The summed E-state index contributed by atoms with van der Waals surface area (Å²) in [5.74, 6) is -2.10. The zero-order valence-corrected chi connectivity index (χ0v) is 18.0. The predicted molar refractivity (Wildman–Crippen MR) is 112 cm³/mol. The van der Waals surface area contributed by atoms with Crippen molar-refractivity contribution in [1.82, 2.24) is 0 Å². The first-order valence-corrected chi connectivity index (χ1v) is 10.8. The zero-order chi connectivity index (χ0) is 22.3. The van der Waals surface area contributed by atoms with Gasteiger partial charge in [-0.3, -0.25) is 9.59 Å². The Labute approximate surface area is 178 Å². The van der Waals surface area contributed by atoms with Gasteiger partial charge in [-0.2, -0.15) is 0 Å². The Morgan fingerprint density at radius 1 is 1.13 bits per heavy atom. The Bertz CT molecular complexity index is 1160. The average Bonchev–Trinajstić information content (AvgIpc) is 2.84. The van der Waals surface area contributed by atoms with Crippen LogP contribution in [0.4, 0.5) is 11.4 Å². The number of anilines is 2. The van der Waals surface area contributed by atoms with E-state index in [0.29, 0.717) is 9.99 Å². The molecular weight excluding hydrogens is 432 g/mol. The molecule has 10 heteroatoms. The number of carbonyl (C=O) groups is 3. The summed E-state index contributed by atoms with van der Waals surface area (Å²) >= 11 is 6.16. The molecule has 1 aliphatic heterocycles. The van der Waals surface area contributed by atoms with Crippen LogP contribution in [-0.2, 0) is 19.6 Å². The van der Waals surface area contributed by atoms with Crippen LogP contribution < -0.4 is 9.62 Å². The van der Waals surface area contributed by atoms with Crippen LogP contribution in [0.2, 0.25) is 5.02 Å². The van der Waals surface area contributed by atoms with E-state index >= 15 is 0 Å². The monoisotopic (exact) mass is 450 g/mol. The van der Waals surface area contributed by atoms with Gasteiger partial charge >= 0.3 is 5.97 Å². The van der Waals surface area contributed by atoms with Crippen LogP contribution in [0.3, 0.4) is 0 Å². The van der Waals surface area contributed by atoms with Crippen molar-refractivity contribution in [3.63, 3.8) is 0 Å². The van der Waals surface area contributed by atoms with E-state index in [9.17, 15) is 22.8 Å². The average molecular weight is 451 g/mol. The third-order valence-electron chi connectivity index (χ3n) is 4.55. The molecule has 0 spiro atoms. The van der Waals surface area contributed by atoms with E-state index in [4.69, 9.17) is 11.6 Å². The fourth-order valence-corrected chi connectivity index (χ4v) is 5.46. The molecule has 1 N–H and O–H groups in total. The number of nitrogens with one attached hydrogen (secondary N) is 1. The number of carbonyl (C=O) groups excluding carboxylic acids is 3. The lowest BCUT2D eigenvalue weighted by Crippen LogP contribution is -2.33. The first-order chi connectivity index (χ1) is 14.0. The Morgan fingerprint density at radius 2 is 1.83 bits per heavy atom. The summed E-state index contributed by atoms with van der Waals surface area (Å²) in [4.78, 5) is 37.0. The number of halogens is 1. The Morgan fingerprint density at radius 3 is 2.43 bits per heavy atom. The number of esters is 1. The highest BCUT2D eigenvalue weighted by Gasteiger charge is 2.50. The quantitative estimate of drug-likeness (QED) is 0.717. The largest absolute Gasteiger partial charge is 0.465 e. The maximum atomic E-state index is 12.7. The van der Waals surface area contributed by atoms with E-state index in [0.717, 1.165) is 0 Å². The summed E-state index contributed by atoms with van der Waals surface area (Å²) < 4.78 is 30.4. The fourth-order valence-electron chi connectivity index (χ4n) is 3.10. The molecule has 2 aromatic rings. The first kappa shape index (κ1) is 21.8.